The van der Waals surface area contributed by atoms with Crippen LogP contribution in [0, 0.1) is 6.92 Å². The van der Waals surface area contributed by atoms with Gasteiger partial charge in [0.2, 0.25) is 0 Å². The van der Waals surface area contributed by atoms with E-state index >= 15 is 0 Å². The lowest BCUT2D eigenvalue weighted by Gasteiger charge is -2.07. The van der Waals surface area contributed by atoms with E-state index in [0.29, 0.717) is 5.75 Å². The van der Waals surface area contributed by atoms with Gasteiger partial charge in [-0.15, -0.1) is 0 Å². The van der Waals surface area contributed by atoms with E-state index in [1.54, 1.807) is 24.3 Å². The molecule has 0 N–H and O–H groups in total. The van der Waals surface area contributed by atoms with Crippen LogP contribution in [0.4, 0.5) is 0 Å². The van der Waals surface area contributed by atoms with E-state index in [4.69, 9.17) is 9.47 Å². The third kappa shape index (κ3) is 3.35. The van der Waals surface area contributed by atoms with Gasteiger partial charge in [-0.05, 0) is 43.3 Å². The van der Waals surface area contributed by atoms with Gasteiger partial charge in [0.25, 0.3) is 0 Å². The highest BCUT2D eigenvalue weighted by Gasteiger charge is 1.98. The molecule has 92 valence electrons. The maximum Gasteiger partial charge on any atom is 0.157 e. The second-order valence-corrected chi connectivity index (χ2v) is 3.86. The third-order valence-electron chi connectivity index (χ3n) is 2.40. The van der Waals surface area contributed by atoms with Gasteiger partial charge in [0.05, 0.1) is 0 Å². The number of carbonyl (C=O) groups is 1. The summed E-state index contributed by atoms with van der Waals surface area (Å²) in [5.74, 6) is 2.18. The molecule has 0 aliphatic rings. The number of aryl methyl sites for hydroxylation is 1. The van der Waals surface area contributed by atoms with Gasteiger partial charge in [0.15, 0.2) is 6.29 Å². The quantitative estimate of drug-likeness (QED) is 0.754. The summed E-state index contributed by atoms with van der Waals surface area (Å²) in [5, 5.41) is 0. The molecule has 3 heteroatoms. The van der Waals surface area contributed by atoms with E-state index in [0.717, 1.165) is 17.8 Å². The van der Waals surface area contributed by atoms with Crippen LogP contribution in [-0.2, 0) is 4.79 Å². The van der Waals surface area contributed by atoms with E-state index in [1.165, 1.54) is 5.56 Å². The smallest absolute Gasteiger partial charge is 0.157 e. The molecule has 0 spiro atoms. The maximum atomic E-state index is 10.2. The molecule has 0 heterocycles. The fourth-order valence-electron chi connectivity index (χ4n) is 1.48. The van der Waals surface area contributed by atoms with Crippen molar-refractivity contribution in [3.05, 3.63) is 54.1 Å². The summed E-state index contributed by atoms with van der Waals surface area (Å²) < 4.78 is 10.8. The molecule has 0 fully saturated rings. The van der Waals surface area contributed by atoms with Gasteiger partial charge >= 0.3 is 0 Å². The highest BCUT2D eigenvalue weighted by Crippen LogP contribution is 2.23. The predicted molar refractivity (Wildman–Crippen MR) is 69.3 cm³/mol. The molecule has 0 amide bonds. The molecule has 0 aromatic heterocycles. The molecule has 0 bridgehead atoms. The minimum absolute atomic E-state index is 0.0676. The average Bonchev–Trinajstić information content (AvgIpc) is 2.41. The molecule has 3 nitrogen and oxygen atoms in total. The minimum atomic E-state index is 0.0676. The minimum Gasteiger partial charge on any atom is -0.486 e. The predicted octanol–water partition coefficient (Wildman–Crippen LogP) is 3.37. The van der Waals surface area contributed by atoms with Crippen LogP contribution < -0.4 is 9.47 Å². The SMILES string of the molecule is Cc1ccc(Oc2ccc(OCC=O)cc2)cc1. The van der Waals surface area contributed by atoms with Crippen molar-refractivity contribution in [3.8, 4) is 17.2 Å². The number of hydrogen-bond donors (Lipinski definition) is 0. The molecular weight excluding hydrogens is 228 g/mol. The van der Waals surface area contributed by atoms with E-state index in [9.17, 15) is 4.79 Å². The van der Waals surface area contributed by atoms with Crippen molar-refractivity contribution in [3.63, 3.8) is 0 Å². The van der Waals surface area contributed by atoms with Crippen LogP contribution >= 0.6 is 0 Å². The molecular formula is C15H14O3. The Morgan fingerprint density at radius 1 is 0.889 bits per heavy atom. The van der Waals surface area contributed by atoms with Crippen molar-refractivity contribution in [2.24, 2.45) is 0 Å². The summed E-state index contributed by atoms with van der Waals surface area (Å²) in [6.07, 6.45) is 0.719. The monoisotopic (exact) mass is 242 g/mol. The molecule has 0 atom stereocenters. The molecule has 18 heavy (non-hydrogen) atoms. The van der Waals surface area contributed by atoms with Crippen molar-refractivity contribution in [2.45, 2.75) is 6.92 Å². The Morgan fingerprint density at radius 3 is 1.94 bits per heavy atom. The Kier molecular flexibility index (Phi) is 3.97. The lowest BCUT2D eigenvalue weighted by Crippen LogP contribution is -1.97. The Bertz CT molecular complexity index is 500. The molecule has 0 saturated carbocycles. The molecule has 0 saturated heterocycles. The van der Waals surface area contributed by atoms with Crippen molar-refractivity contribution in [1.29, 1.82) is 0 Å². The highest BCUT2D eigenvalue weighted by molar-refractivity contribution is 5.51. The average molecular weight is 242 g/mol. The van der Waals surface area contributed by atoms with Crippen molar-refractivity contribution < 1.29 is 14.3 Å². The Morgan fingerprint density at radius 2 is 1.39 bits per heavy atom. The largest absolute Gasteiger partial charge is 0.486 e. The molecule has 0 aliphatic heterocycles. The topological polar surface area (TPSA) is 35.5 Å². The second-order valence-electron chi connectivity index (χ2n) is 3.86. The van der Waals surface area contributed by atoms with Crippen molar-refractivity contribution in [1.82, 2.24) is 0 Å². The van der Waals surface area contributed by atoms with Gasteiger partial charge in [-0.3, -0.25) is 4.79 Å². The first-order valence-corrected chi connectivity index (χ1v) is 5.69. The van der Waals surface area contributed by atoms with Crippen LogP contribution in [0.2, 0.25) is 0 Å². The number of aldehydes is 1. The molecule has 2 rings (SSSR count). The zero-order valence-electron chi connectivity index (χ0n) is 10.1. The zero-order chi connectivity index (χ0) is 12.8. The first-order chi connectivity index (χ1) is 8.78. The number of carbonyl (C=O) groups excluding carboxylic acids is 1. The van der Waals surface area contributed by atoms with Gasteiger partial charge < -0.3 is 9.47 Å². The summed E-state index contributed by atoms with van der Waals surface area (Å²) in [6.45, 7) is 2.10. The van der Waals surface area contributed by atoms with Gasteiger partial charge in [0.1, 0.15) is 23.9 Å². The molecule has 2 aromatic rings. The number of rotatable bonds is 5. The lowest BCUT2D eigenvalue weighted by atomic mass is 10.2. The summed E-state index contributed by atoms with van der Waals surface area (Å²) >= 11 is 0. The van der Waals surface area contributed by atoms with Crippen molar-refractivity contribution in [2.75, 3.05) is 6.61 Å². The van der Waals surface area contributed by atoms with Crippen LogP contribution in [0.25, 0.3) is 0 Å². The normalized spacial score (nSPS) is 9.83. The Hall–Kier alpha value is -2.29. The first-order valence-electron chi connectivity index (χ1n) is 5.69. The van der Waals surface area contributed by atoms with Crippen LogP contribution in [0.1, 0.15) is 5.56 Å². The van der Waals surface area contributed by atoms with Gasteiger partial charge in [-0.1, -0.05) is 17.7 Å². The highest BCUT2D eigenvalue weighted by atomic mass is 16.5. The van der Waals surface area contributed by atoms with E-state index in [1.807, 2.05) is 31.2 Å². The Labute approximate surface area is 106 Å². The van der Waals surface area contributed by atoms with Gasteiger partial charge in [-0.25, -0.2) is 0 Å². The van der Waals surface area contributed by atoms with E-state index in [2.05, 4.69) is 0 Å². The summed E-state index contributed by atoms with van der Waals surface area (Å²) in [7, 11) is 0. The molecule has 0 aliphatic carbocycles. The van der Waals surface area contributed by atoms with E-state index in [-0.39, 0.29) is 6.61 Å². The van der Waals surface area contributed by atoms with E-state index < -0.39 is 0 Å². The fraction of sp³-hybridized carbons (Fsp3) is 0.133. The van der Waals surface area contributed by atoms with Gasteiger partial charge in [-0.2, -0.15) is 0 Å². The summed E-state index contributed by atoms with van der Waals surface area (Å²) in [4.78, 5) is 10.2. The first kappa shape index (κ1) is 12.2. The molecule has 0 radical (unpaired) electrons. The van der Waals surface area contributed by atoms with Crippen LogP contribution in [0.3, 0.4) is 0 Å². The number of benzene rings is 2. The summed E-state index contributed by atoms with van der Waals surface area (Å²) in [6, 6.07) is 15.0. The molecule has 2 aromatic carbocycles. The lowest BCUT2D eigenvalue weighted by molar-refractivity contribution is -0.109. The second kappa shape index (κ2) is 5.87. The van der Waals surface area contributed by atoms with Crippen LogP contribution in [0.15, 0.2) is 48.5 Å². The van der Waals surface area contributed by atoms with Crippen LogP contribution in [0.5, 0.6) is 17.2 Å². The molecule has 0 unspecified atom stereocenters. The zero-order valence-corrected chi connectivity index (χ0v) is 10.1. The summed E-state index contributed by atoms with van der Waals surface area (Å²) in [5.41, 5.74) is 1.19. The fourth-order valence-corrected chi connectivity index (χ4v) is 1.48. The number of ether oxygens (including phenoxy) is 2. The van der Waals surface area contributed by atoms with Crippen molar-refractivity contribution >= 4 is 6.29 Å². The number of hydrogen-bond acceptors (Lipinski definition) is 3. The maximum absolute atomic E-state index is 10.2. The third-order valence-corrected chi connectivity index (χ3v) is 2.40. The van der Waals surface area contributed by atoms with Crippen LogP contribution in [-0.4, -0.2) is 12.9 Å². The van der Waals surface area contributed by atoms with Gasteiger partial charge in [0, 0.05) is 0 Å². The standard InChI is InChI=1S/C15H14O3/c1-12-2-4-14(5-3-12)18-15-8-6-13(7-9-15)17-11-10-16/h2-10H,11H2,1H3. The Balaban J connectivity index is 2.01.